The van der Waals surface area contributed by atoms with Crippen LogP contribution < -0.4 is 0 Å². The number of rotatable bonds is 10. The molecule has 0 aliphatic rings. The molecule has 1 heterocycles. The molecule has 1 aromatic heterocycles. The predicted octanol–water partition coefficient (Wildman–Crippen LogP) is 5.17. The van der Waals surface area contributed by atoms with E-state index >= 15 is 0 Å². The Hall–Kier alpha value is -2.17. The summed E-state index contributed by atoms with van der Waals surface area (Å²) in [7, 11) is 0. The Morgan fingerprint density at radius 3 is 2.42 bits per heavy atom. The summed E-state index contributed by atoms with van der Waals surface area (Å²) in [6.07, 6.45) is 4.14. The maximum Gasteiger partial charge on any atom is 0.136 e. The molecule has 0 bridgehead atoms. The molecular formula is C22H28FNO2. The highest BCUT2D eigenvalue weighted by Crippen LogP contribution is 2.31. The van der Waals surface area contributed by atoms with Crippen molar-refractivity contribution in [3.05, 3.63) is 84.6 Å². The number of hydrogen-bond acceptors (Lipinski definition) is 3. The average Bonchev–Trinajstić information content (AvgIpc) is 3.04. The Balaban J connectivity index is 2.15. The number of halogens is 1. The Morgan fingerprint density at radius 1 is 1.15 bits per heavy atom. The van der Waals surface area contributed by atoms with E-state index in [4.69, 9.17) is 4.42 Å². The number of aliphatic hydroxyl groups is 1. The number of furan rings is 1. The molecule has 26 heavy (non-hydrogen) atoms. The van der Waals surface area contributed by atoms with Crippen molar-refractivity contribution in [2.24, 2.45) is 0 Å². The number of hydrogen-bond donors (Lipinski definition) is 1. The standard InChI is InChI=1S/C22H28FNO2/c1-5-12-22(25,13-6-2)21-11-10-20(26-21)16-24(17(3)4)15-18-8-7-9-19(23)14-18/h5-11,14,17,25H,1-2,12-13,15-16H2,3-4H3. The molecule has 0 amide bonds. The Morgan fingerprint density at radius 2 is 1.85 bits per heavy atom. The summed E-state index contributed by atoms with van der Waals surface area (Å²) < 4.78 is 19.4. The van der Waals surface area contributed by atoms with Crippen LogP contribution in [0.15, 0.2) is 66.1 Å². The second-order valence-corrected chi connectivity index (χ2v) is 6.91. The van der Waals surface area contributed by atoms with E-state index in [0.717, 1.165) is 11.3 Å². The van der Waals surface area contributed by atoms with Gasteiger partial charge in [0.15, 0.2) is 0 Å². The fourth-order valence-electron chi connectivity index (χ4n) is 2.97. The lowest BCUT2D eigenvalue weighted by molar-refractivity contribution is 0.0184. The van der Waals surface area contributed by atoms with Gasteiger partial charge in [-0.1, -0.05) is 24.3 Å². The molecule has 0 atom stereocenters. The molecule has 2 rings (SSSR count). The zero-order chi connectivity index (χ0) is 19.2. The van der Waals surface area contributed by atoms with Crippen molar-refractivity contribution in [2.75, 3.05) is 0 Å². The smallest absolute Gasteiger partial charge is 0.136 e. The molecule has 0 saturated heterocycles. The summed E-state index contributed by atoms with van der Waals surface area (Å²) in [6.45, 7) is 12.8. The molecule has 0 aliphatic carbocycles. The van der Waals surface area contributed by atoms with E-state index in [-0.39, 0.29) is 11.9 Å². The van der Waals surface area contributed by atoms with Gasteiger partial charge in [0.2, 0.25) is 0 Å². The highest BCUT2D eigenvalue weighted by Gasteiger charge is 2.30. The first-order chi connectivity index (χ1) is 12.4. The Labute approximate surface area is 155 Å². The van der Waals surface area contributed by atoms with Gasteiger partial charge in [-0.3, -0.25) is 4.90 Å². The van der Waals surface area contributed by atoms with Crippen LogP contribution in [0.1, 0.15) is 43.8 Å². The van der Waals surface area contributed by atoms with Crippen LogP contribution in [-0.4, -0.2) is 16.0 Å². The molecule has 0 aliphatic heterocycles. The third-order valence-electron chi connectivity index (χ3n) is 4.45. The molecule has 0 radical (unpaired) electrons. The summed E-state index contributed by atoms with van der Waals surface area (Å²) in [5.41, 5.74) is -0.201. The van der Waals surface area contributed by atoms with E-state index in [1.54, 1.807) is 24.3 Å². The predicted molar refractivity (Wildman–Crippen MR) is 103 cm³/mol. The van der Waals surface area contributed by atoms with Gasteiger partial charge in [0.1, 0.15) is 22.9 Å². The number of benzene rings is 1. The summed E-state index contributed by atoms with van der Waals surface area (Å²) in [5.74, 6) is 1.05. The van der Waals surface area contributed by atoms with Crippen LogP contribution in [0.25, 0.3) is 0 Å². The summed E-state index contributed by atoms with van der Waals surface area (Å²) in [4.78, 5) is 2.19. The maximum atomic E-state index is 13.4. The van der Waals surface area contributed by atoms with Crippen molar-refractivity contribution >= 4 is 0 Å². The van der Waals surface area contributed by atoms with E-state index in [2.05, 4.69) is 31.9 Å². The summed E-state index contributed by atoms with van der Waals surface area (Å²) in [6, 6.07) is 10.6. The third-order valence-corrected chi connectivity index (χ3v) is 4.45. The largest absolute Gasteiger partial charge is 0.462 e. The van der Waals surface area contributed by atoms with E-state index in [9.17, 15) is 9.50 Å². The Bertz CT molecular complexity index is 725. The first-order valence-electron chi connectivity index (χ1n) is 8.90. The third kappa shape index (κ3) is 5.16. The van der Waals surface area contributed by atoms with Crippen LogP contribution in [0.3, 0.4) is 0 Å². The van der Waals surface area contributed by atoms with Gasteiger partial charge in [-0.25, -0.2) is 4.39 Å². The molecule has 140 valence electrons. The molecule has 1 N–H and O–H groups in total. The van der Waals surface area contributed by atoms with Crippen LogP contribution in [-0.2, 0) is 18.7 Å². The fourth-order valence-corrected chi connectivity index (χ4v) is 2.97. The lowest BCUT2D eigenvalue weighted by Gasteiger charge is -2.26. The van der Waals surface area contributed by atoms with Gasteiger partial charge in [0.05, 0.1) is 6.54 Å². The molecular weight excluding hydrogens is 329 g/mol. The van der Waals surface area contributed by atoms with Crippen molar-refractivity contribution < 1.29 is 13.9 Å². The molecule has 3 nitrogen and oxygen atoms in total. The lowest BCUT2D eigenvalue weighted by atomic mass is 9.93. The SMILES string of the molecule is C=CCC(O)(CC=C)c1ccc(CN(Cc2cccc(F)c2)C(C)C)o1. The summed E-state index contributed by atoms with van der Waals surface area (Å²) in [5, 5.41) is 10.8. The van der Waals surface area contributed by atoms with Gasteiger partial charge in [0, 0.05) is 25.4 Å². The first-order valence-corrected chi connectivity index (χ1v) is 8.90. The molecule has 0 fully saturated rings. The van der Waals surface area contributed by atoms with Crippen molar-refractivity contribution in [1.82, 2.24) is 4.90 Å². The van der Waals surface area contributed by atoms with Gasteiger partial charge < -0.3 is 9.52 Å². The number of nitrogens with zero attached hydrogens (tertiary/aromatic N) is 1. The van der Waals surface area contributed by atoms with E-state index in [0.29, 0.717) is 31.7 Å². The zero-order valence-electron chi connectivity index (χ0n) is 15.6. The van der Waals surface area contributed by atoms with Gasteiger partial charge in [-0.2, -0.15) is 0 Å². The Kier molecular flexibility index (Phi) is 6.95. The van der Waals surface area contributed by atoms with E-state index < -0.39 is 5.60 Å². The van der Waals surface area contributed by atoms with Crippen LogP contribution in [0.4, 0.5) is 4.39 Å². The minimum absolute atomic E-state index is 0.231. The average molecular weight is 357 g/mol. The van der Waals surface area contributed by atoms with E-state index in [1.165, 1.54) is 6.07 Å². The van der Waals surface area contributed by atoms with Crippen LogP contribution in [0.2, 0.25) is 0 Å². The molecule has 4 heteroatoms. The van der Waals surface area contributed by atoms with Crippen molar-refractivity contribution in [3.63, 3.8) is 0 Å². The summed E-state index contributed by atoms with van der Waals surface area (Å²) >= 11 is 0. The quantitative estimate of drug-likeness (QED) is 0.596. The second-order valence-electron chi connectivity index (χ2n) is 6.91. The van der Waals surface area contributed by atoms with Crippen molar-refractivity contribution in [2.45, 2.75) is 51.4 Å². The minimum atomic E-state index is -1.12. The molecule has 1 aromatic carbocycles. The van der Waals surface area contributed by atoms with Gasteiger partial charge >= 0.3 is 0 Å². The molecule has 0 saturated carbocycles. The maximum absolute atomic E-state index is 13.4. The van der Waals surface area contributed by atoms with Gasteiger partial charge in [-0.15, -0.1) is 13.2 Å². The normalized spacial score (nSPS) is 11.9. The topological polar surface area (TPSA) is 36.6 Å². The fraction of sp³-hybridized carbons (Fsp3) is 0.364. The second kappa shape index (κ2) is 8.97. The van der Waals surface area contributed by atoms with Crippen LogP contribution in [0, 0.1) is 5.82 Å². The molecule has 0 spiro atoms. The first kappa shape index (κ1) is 20.1. The van der Waals surface area contributed by atoms with Crippen molar-refractivity contribution in [1.29, 1.82) is 0 Å². The van der Waals surface area contributed by atoms with Crippen molar-refractivity contribution in [3.8, 4) is 0 Å². The van der Waals surface area contributed by atoms with Gasteiger partial charge in [0.25, 0.3) is 0 Å². The minimum Gasteiger partial charge on any atom is -0.462 e. The highest BCUT2D eigenvalue weighted by molar-refractivity contribution is 5.18. The molecule has 0 unspecified atom stereocenters. The zero-order valence-corrected chi connectivity index (χ0v) is 15.6. The van der Waals surface area contributed by atoms with Crippen LogP contribution in [0.5, 0.6) is 0 Å². The monoisotopic (exact) mass is 357 g/mol. The lowest BCUT2D eigenvalue weighted by Crippen LogP contribution is -2.29. The highest BCUT2D eigenvalue weighted by atomic mass is 19.1. The van der Waals surface area contributed by atoms with Crippen LogP contribution >= 0.6 is 0 Å². The van der Waals surface area contributed by atoms with Gasteiger partial charge in [-0.05, 0) is 43.7 Å². The van der Waals surface area contributed by atoms with E-state index in [1.807, 2.05) is 18.2 Å². The molecule has 2 aromatic rings.